The summed E-state index contributed by atoms with van der Waals surface area (Å²) in [6.45, 7) is 5.32. The van der Waals surface area contributed by atoms with Gasteiger partial charge in [0.2, 0.25) is 0 Å². The van der Waals surface area contributed by atoms with E-state index >= 15 is 0 Å². The molecule has 0 saturated heterocycles. The Morgan fingerprint density at radius 3 is 3.06 bits per heavy atom. The van der Waals surface area contributed by atoms with Crippen molar-refractivity contribution in [3.8, 4) is 0 Å². The van der Waals surface area contributed by atoms with Crippen LogP contribution in [-0.2, 0) is 4.74 Å². The molecule has 1 N–H and O–H groups in total. The maximum atomic E-state index is 11.5. The fourth-order valence-corrected chi connectivity index (χ4v) is 2.17. The van der Waals surface area contributed by atoms with Crippen molar-refractivity contribution in [1.82, 2.24) is 5.32 Å². The second-order valence-corrected chi connectivity index (χ2v) is 5.38. The molecular formula is C11H14BrNO2S. The van der Waals surface area contributed by atoms with E-state index in [0.717, 1.165) is 10.2 Å². The monoisotopic (exact) mass is 303 g/mol. The van der Waals surface area contributed by atoms with Crippen LogP contribution in [0.1, 0.15) is 16.8 Å². The van der Waals surface area contributed by atoms with Gasteiger partial charge in [0.25, 0.3) is 5.91 Å². The van der Waals surface area contributed by atoms with E-state index in [-0.39, 0.29) is 5.91 Å². The number of hydrogen-bond acceptors (Lipinski definition) is 3. The van der Waals surface area contributed by atoms with Crippen LogP contribution in [0, 0.1) is 0 Å². The predicted molar refractivity (Wildman–Crippen MR) is 70.0 cm³/mol. The fourth-order valence-electron chi connectivity index (χ4n) is 1.04. The van der Waals surface area contributed by atoms with Gasteiger partial charge in [-0.2, -0.15) is 0 Å². The summed E-state index contributed by atoms with van der Waals surface area (Å²) in [6.07, 6.45) is 2.65. The number of hydrogen-bond donors (Lipinski definition) is 1. The average molecular weight is 304 g/mol. The summed E-state index contributed by atoms with van der Waals surface area (Å²) in [7, 11) is 0. The largest absolute Gasteiger partial charge is 0.379 e. The number of nitrogens with one attached hydrogen (secondary N) is 1. The van der Waals surface area contributed by atoms with Gasteiger partial charge in [-0.3, -0.25) is 4.79 Å². The predicted octanol–water partition coefficient (Wildman–Crippen LogP) is 2.83. The number of amides is 1. The lowest BCUT2D eigenvalue weighted by atomic mass is 10.3. The van der Waals surface area contributed by atoms with Crippen LogP contribution < -0.4 is 5.32 Å². The molecule has 1 heterocycles. The van der Waals surface area contributed by atoms with E-state index in [1.165, 1.54) is 11.3 Å². The minimum Gasteiger partial charge on any atom is -0.379 e. The smallest absolute Gasteiger partial charge is 0.252 e. The Labute approximate surface area is 108 Å². The summed E-state index contributed by atoms with van der Waals surface area (Å²) in [6, 6.07) is 1.80. The number of halogens is 1. The van der Waals surface area contributed by atoms with E-state index in [4.69, 9.17) is 4.74 Å². The average Bonchev–Trinajstić information content (AvgIpc) is 2.70. The van der Waals surface area contributed by atoms with Crippen LogP contribution in [-0.4, -0.2) is 25.7 Å². The first kappa shape index (κ1) is 13.4. The van der Waals surface area contributed by atoms with E-state index in [1.807, 2.05) is 11.5 Å². The molecule has 1 aromatic heterocycles. The first-order chi connectivity index (χ1) is 7.74. The van der Waals surface area contributed by atoms with Crippen molar-refractivity contribution in [3.63, 3.8) is 0 Å². The molecule has 0 radical (unpaired) electrons. The number of carbonyl (C=O) groups is 1. The van der Waals surface area contributed by atoms with E-state index < -0.39 is 0 Å². The van der Waals surface area contributed by atoms with E-state index in [1.54, 1.807) is 6.07 Å². The molecular weight excluding hydrogens is 290 g/mol. The van der Waals surface area contributed by atoms with Crippen LogP contribution in [0.4, 0.5) is 0 Å². The summed E-state index contributed by atoms with van der Waals surface area (Å²) in [4.78, 5) is 11.5. The van der Waals surface area contributed by atoms with Crippen LogP contribution in [0.2, 0.25) is 0 Å². The van der Waals surface area contributed by atoms with E-state index in [2.05, 4.69) is 27.8 Å². The molecule has 1 rings (SSSR count). The number of ether oxygens (including phenoxy) is 1. The van der Waals surface area contributed by atoms with Crippen molar-refractivity contribution in [1.29, 1.82) is 0 Å². The van der Waals surface area contributed by atoms with Gasteiger partial charge in [-0.1, -0.05) is 6.08 Å². The molecule has 0 spiro atoms. The molecule has 0 aliphatic rings. The minimum absolute atomic E-state index is 0.0609. The van der Waals surface area contributed by atoms with Crippen molar-refractivity contribution in [2.45, 2.75) is 6.42 Å². The normalized spacial score (nSPS) is 10.1. The number of rotatable bonds is 7. The molecule has 3 nitrogen and oxygen atoms in total. The van der Waals surface area contributed by atoms with Crippen LogP contribution in [0.25, 0.3) is 0 Å². The van der Waals surface area contributed by atoms with Crippen molar-refractivity contribution in [2.24, 2.45) is 0 Å². The first-order valence-electron chi connectivity index (χ1n) is 4.95. The summed E-state index contributed by atoms with van der Waals surface area (Å²) < 4.78 is 6.23. The third-order valence-corrected chi connectivity index (χ3v) is 3.33. The second-order valence-electron chi connectivity index (χ2n) is 3.09. The van der Waals surface area contributed by atoms with Gasteiger partial charge >= 0.3 is 0 Å². The third kappa shape index (κ3) is 4.92. The van der Waals surface area contributed by atoms with Gasteiger partial charge in [-0.15, -0.1) is 17.9 Å². The molecule has 0 saturated carbocycles. The summed E-state index contributed by atoms with van der Waals surface area (Å²) in [5, 5.41) is 4.60. The van der Waals surface area contributed by atoms with Crippen molar-refractivity contribution in [2.75, 3.05) is 19.8 Å². The third-order valence-electron chi connectivity index (χ3n) is 1.83. The molecule has 1 amide bonds. The molecule has 88 valence electrons. The first-order valence-corrected chi connectivity index (χ1v) is 6.62. The minimum atomic E-state index is -0.0609. The zero-order valence-corrected chi connectivity index (χ0v) is 11.3. The standard InChI is InChI=1S/C11H14BrNO2S/c1-2-3-5-15-6-4-13-11(14)9-7-10(12)16-8-9/h2,7-8H,1,3-6H2,(H,13,14). The van der Waals surface area contributed by atoms with Crippen molar-refractivity contribution in [3.05, 3.63) is 33.5 Å². The Balaban J connectivity index is 2.13. The Morgan fingerprint density at radius 2 is 2.44 bits per heavy atom. The molecule has 16 heavy (non-hydrogen) atoms. The van der Waals surface area contributed by atoms with Crippen LogP contribution in [0.5, 0.6) is 0 Å². The maximum Gasteiger partial charge on any atom is 0.252 e. The fraction of sp³-hybridized carbons (Fsp3) is 0.364. The summed E-state index contributed by atoms with van der Waals surface area (Å²) in [5.41, 5.74) is 0.683. The van der Waals surface area contributed by atoms with Gasteiger partial charge < -0.3 is 10.1 Å². The molecule has 0 aliphatic heterocycles. The van der Waals surface area contributed by atoms with Gasteiger partial charge in [0.1, 0.15) is 0 Å². The lowest BCUT2D eigenvalue weighted by Gasteiger charge is -2.04. The second kappa shape index (κ2) is 7.60. The van der Waals surface area contributed by atoms with Gasteiger partial charge in [0.05, 0.1) is 22.6 Å². The van der Waals surface area contributed by atoms with Gasteiger partial charge in [-0.05, 0) is 28.4 Å². The SMILES string of the molecule is C=CCCOCCNC(=O)c1csc(Br)c1. The van der Waals surface area contributed by atoms with Gasteiger partial charge in [0, 0.05) is 11.9 Å². The highest BCUT2D eigenvalue weighted by molar-refractivity contribution is 9.11. The Bertz CT molecular complexity index is 352. The quantitative estimate of drug-likeness (QED) is 0.621. The zero-order valence-electron chi connectivity index (χ0n) is 8.87. The van der Waals surface area contributed by atoms with Crippen LogP contribution in [0.3, 0.4) is 0 Å². The van der Waals surface area contributed by atoms with Crippen molar-refractivity contribution < 1.29 is 9.53 Å². The lowest BCUT2D eigenvalue weighted by molar-refractivity contribution is 0.0918. The summed E-state index contributed by atoms with van der Waals surface area (Å²) >= 11 is 4.81. The molecule has 1 aromatic rings. The summed E-state index contributed by atoms with van der Waals surface area (Å²) in [5.74, 6) is -0.0609. The molecule has 0 aromatic carbocycles. The Morgan fingerprint density at radius 1 is 1.62 bits per heavy atom. The highest BCUT2D eigenvalue weighted by Gasteiger charge is 2.06. The molecule has 0 aliphatic carbocycles. The zero-order chi connectivity index (χ0) is 11.8. The molecule has 0 unspecified atom stereocenters. The Hall–Kier alpha value is -0.650. The number of thiophene rings is 1. The topological polar surface area (TPSA) is 38.3 Å². The Kier molecular flexibility index (Phi) is 6.37. The van der Waals surface area contributed by atoms with Crippen molar-refractivity contribution >= 4 is 33.2 Å². The van der Waals surface area contributed by atoms with Gasteiger partial charge in [-0.25, -0.2) is 0 Å². The van der Waals surface area contributed by atoms with Gasteiger partial charge in [0.15, 0.2) is 0 Å². The molecule has 5 heteroatoms. The molecule has 0 atom stereocenters. The molecule has 0 fully saturated rings. The van der Waals surface area contributed by atoms with E-state index in [0.29, 0.717) is 25.3 Å². The van der Waals surface area contributed by atoms with Crippen LogP contribution in [0.15, 0.2) is 27.9 Å². The highest BCUT2D eigenvalue weighted by Crippen LogP contribution is 2.20. The lowest BCUT2D eigenvalue weighted by Crippen LogP contribution is -2.26. The highest BCUT2D eigenvalue weighted by atomic mass is 79.9. The van der Waals surface area contributed by atoms with Crippen LogP contribution >= 0.6 is 27.3 Å². The van der Waals surface area contributed by atoms with E-state index in [9.17, 15) is 4.79 Å². The number of carbonyl (C=O) groups excluding carboxylic acids is 1. The molecule has 0 bridgehead atoms. The maximum absolute atomic E-state index is 11.5.